The van der Waals surface area contributed by atoms with E-state index >= 15 is 0 Å². The number of carbonyl (C=O) groups excluding carboxylic acids is 2. The highest BCUT2D eigenvalue weighted by Crippen LogP contribution is 2.24. The Kier molecular flexibility index (Phi) is 7.15. The monoisotopic (exact) mass is 361 g/mol. The number of amides is 2. The van der Waals surface area contributed by atoms with Gasteiger partial charge in [-0.15, -0.1) is 12.4 Å². The van der Waals surface area contributed by atoms with Crippen LogP contribution in [0.5, 0.6) is 0 Å². The fraction of sp³-hybridized carbons (Fsp3) is 0.263. The van der Waals surface area contributed by atoms with Gasteiger partial charge in [0.2, 0.25) is 11.8 Å². The number of hydrogen-bond donors (Lipinski definition) is 3. The first-order valence-electron chi connectivity index (χ1n) is 7.84. The zero-order chi connectivity index (χ0) is 17.7. The summed E-state index contributed by atoms with van der Waals surface area (Å²) in [6.45, 7) is 3.34. The number of benzene rings is 2. The highest BCUT2D eigenvalue weighted by atomic mass is 35.5. The van der Waals surface area contributed by atoms with Crippen molar-refractivity contribution in [2.24, 2.45) is 17.4 Å². The summed E-state index contributed by atoms with van der Waals surface area (Å²) < 4.78 is 0. The molecule has 5 nitrogen and oxygen atoms in total. The Morgan fingerprint density at radius 2 is 1.48 bits per heavy atom. The molecule has 2 amide bonds. The molecule has 3 unspecified atom stereocenters. The second-order valence-corrected chi connectivity index (χ2v) is 6.07. The minimum Gasteiger partial charge on any atom is -0.367 e. The summed E-state index contributed by atoms with van der Waals surface area (Å²) in [5.41, 5.74) is 12.0. The standard InChI is InChI=1S/C19H23N3O2.ClH/c1-13(16(20)14-9-5-3-6-10-14)17(23)22-19(2,18(21)24)15-11-7-4-8-12-15;/h3-13,16H,20H2,1-2H3,(H2,21,24)(H,22,23);1H. The number of halogens is 1. The molecule has 3 atom stereocenters. The maximum atomic E-state index is 12.7. The topological polar surface area (TPSA) is 98.2 Å². The molecule has 2 aromatic carbocycles. The van der Waals surface area contributed by atoms with E-state index in [1.807, 2.05) is 36.4 Å². The lowest BCUT2D eigenvalue weighted by Gasteiger charge is -2.30. The summed E-state index contributed by atoms with van der Waals surface area (Å²) in [4.78, 5) is 24.6. The number of primary amides is 1. The van der Waals surface area contributed by atoms with Gasteiger partial charge in [0.1, 0.15) is 5.54 Å². The minimum absolute atomic E-state index is 0. The third-order valence-electron chi connectivity index (χ3n) is 4.35. The van der Waals surface area contributed by atoms with Crippen LogP contribution in [0.25, 0.3) is 0 Å². The Morgan fingerprint density at radius 1 is 1.00 bits per heavy atom. The van der Waals surface area contributed by atoms with E-state index in [1.165, 1.54) is 0 Å². The van der Waals surface area contributed by atoms with Gasteiger partial charge < -0.3 is 16.8 Å². The molecule has 0 fully saturated rings. The summed E-state index contributed by atoms with van der Waals surface area (Å²) >= 11 is 0. The van der Waals surface area contributed by atoms with Crippen molar-refractivity contribution in [2.45, 2.75) is 25.4 Å². The molecule has 0 aliphatic heterocycles. The van der Waals surface area contributed by atoms with Gasteiger partial charge in [0.15, 0.2) is 0 Å². The van der Waals surface area contributed by atoms with E-state index in [2.05, 4.69) is 5.32 Å². The van der Waals surface area contributed by atoms with E-state index in [-0.39, 0.29) is 18.3 Å². The maximum absolute atomic E-state index is 12.7. The molecule has 0 aliphatic rings. The van der Waals surface area contributed by atoms with Crippen LogP contribution in [0.4, 0.5) is 0 Å². The average molecular weight is 362 g/mol. The molecule has 0 radical (unpaired) electrons. The molecule has 0 bridgehead atoms. The Labute approximate surface area is 154 Å². The van der Waals surface area contributed by atoms with Gasteiger partial charge in [0, 0.05) is 6.04 Å². The van der Waals surface area contributed by atoms with Crippen molar-refractivity contribution in [3.63, 3.8) is 0 Å². The van der Waals surface area contributed by atoms with Crippen LogP contribution in [0.3, 0.4) is 0 Å². The number of nitrogens with one attached hydrogen (secondary N) is 1. The Hall–Kier alpha value is -2.37. The number of nitrogens with two attached hydrogens (primary N) is 2. The Bertz CT molecular complexity index is 709. The minimum atomic E-state index is -1.29. The molecule has 0 aliphatic carbocycles. The fourth-order valence-electron chi connectivity index (χ4n) is 2.53. The van der Waals surface area contributed by atoms with Gasteiger partial charge in [-0.2, -0.15) is 0 Å². The van der Waals surface area contributed by atoms with E-state index in [0.29, 0.717) is 5.56 Å². The van der Waals surface area contributed by atoms with Crippen molar-refractivity contribution in [3.05, 3.63) is 71.8 Å². The normalized spacial score (nSPS) is 15.2. The van der Waals surface area contributed by atoms with Crippen LogP contribution >= 0.6 is 12.4 Å². The first-order chi connectivity index (χ1) is 11.4. The predicted octanol–water partition coefficient (Wildman–Crippen LogP) is 2.26. The highest BCUT2D eigenvalue weighted by Gasteiger charge is 2.37. The van der Waals surface area contributed by atoms with E-state index in [0.717, 1.165) is 5.56 Å². The smallest absolute Gasteiger partial charge is 0.247 e. The first-order valence-corrected chi connectivity index (χ1v) is 7.84. The quantitative estimate of drug-likeness (QED) is 0.736. The maximum Gasteiger partial charge on any atom is 0.247 e. The van der Waals surface area contributed by atoms with Crippen LogP contribution in [-0.4, -0.2) is 11.8 Å². The fourth-order valence-corrected chi connectivity index (χ4v) is 2.53. The van der Waals surface area contributed by atoms with Gasteiger partial charge in [-0.1, -0.05) is 67.6 Å². The summed E-state index contributed by atoms with van der Waals surface area (Å²) in [7, 11) is 0. The van der Waals surface area contributed by atoms with E-state index in [4.69, 9.17) is 11.5 Å². The van der Waals surface area contributed by atoms with Crippen LogP contribution < -0.4 is 16.8 Å². The molecule has 0 heterocycles. The lowest BCUT2D eigenvalue weighted by Crippen LogP contribution is -2.54. The first kappa shape index (κ1) is 20.7. The molecule has 25 heavy (non-hydrogen) atoms. The average Bonchev–Trinajstić information content (AvgIpc) is 2.61. The van der Waals surface area contributed by atoms with Crippen molar-refractivity contribution in [1.29, 1.82) is 0 Å². The Balaban J connectivity index is 0.00000312. The Morgan fingerprint density at radius 3 is 1.96 bits per heavy atom. The highest BCUT2D eigenvalue weighted by molar-refractivity contribution is 5.92. The van der Waals surface area contributed by atoms with Crippen molar-refractivity contribution >= 4 is 24.2 Å². The van der Waals surface area contributed by atoms with Gasteiger partial charge in [-0.25, -0.2) is 0 Å². The summed E-state index contributed by atoms with van der Waals surface area (Å²) in [5.74, 6) is -1.46. The third kappa shape index (κ3) is 4.59. The van der Waals surface area contributed by atoms with Gasteiger partial charge in [-0.05, 0) is 18.1 Å². The van der Waals surface area contributed by atoms with Crippen molar-refractivity contribution in [3.8, 4) is 0 Å². The van der Waals surface area contributed by atoms with Crippen LogP contribution in [-0.2, 0) is 15.1 Å². The van der Waals surface area contributed by atoms with Gasteiger partial charge in [0.05, 0.1) is 5.92 Å². The molecule has 0 spiro atoms. The molecular formula is C19H24ClN3O2. The molecule has 0 saturated carbocycles. The molecule has 2 rings (SSSR count). The zero-order valence-electron chi connectivity index (χ0n) is 14.3. The molecule has 2 aromatic rings. The molecule has 6 heteroatoms. The lowest BCUT2D eigenvalue weighted by atomic mass is 9.88. The van der Waals surface area contributed by atoms with Crippen LogP contribution in [0.2, 0.25) is 0 Å². The van der Waals surface area contributed by atoms with Crippen LogP contribution in [0.1, 0.15) is 31.0 Å². The second kappa shape index (κ2) is 8.65. The second-order valence-electron chi connectivity index (χ2n) is 6.07. The zero-order valence-corrected chi connectivity index (χ0v) is 15.1. The summed E-state index contributed by atoms with van der Waals surface area (Å²) in [6.07, 6.45) is 0. The van der Waals surface area contributed by atoms with Crippen LogP contribution in [0.15, 0.2) is 60.7 Å². The third-order valence-corrected chi connectivity index (χ3v) is 4.35. The molecule has 5 N–H and O–H groups in total. The van der Waals surface area contributed by atoms with Gasteiger partial charge in [0.25, 0.3) is 0 Å². The van der Waals surface area contributed by atoms with E-state index in [1.54, 1.807) is 38.1 Å². The number of rotatable bonds is 6. The van der Waals surface area contributed by atoms with Gasteiger partial charge in [-0.3, -0.25) is 9.59 Å². The lowest BCUT2D eigenvalue weighted by molar-refractivity contribution is -0.133. The van der Waals surface area contributed by atoms with E-state index in [9.17, 15) is 9.59 Å². The summed E-state index contributed by atoms with van der Waals surface area (Å²) in [6, 6.07) is 17.8. The largest absolute Gasteiger partial charge is 0.367 e. The van der Waals surface area contributed by atoms with Crippen molar-refractivity contribution < 1.29 is 9.59 Å². The number of carbonyl (C=O) groups is 2. The molecule has 134 valence electrons. The summed E-state index contributed by atoms with van der Waals surface area (Å²) in [5, 5.41) is 2.77. The molecule has 0 aromatic heterocycles. The van der Waals surface area contributed by atoms with E-state index < -0.39 is 23.4 Å². The predicted molar refractivity (Wildman–Crippen MR) is 101 cm³/mol. The SMILES string of the molecule is CC(C(=O)NC(C)(C(N)=O)c1ccccc1)C(N)c1ccccc1.Cl. The molecule has 0 saturated heterocycles. The molecular weight excluding hydrogens is 338 g/mol. The van der Waals surface area contributed by atoms with Gasteiger partial charge >= 0.3 is 0 Å². The van der Waals surface area contributed by atoms with Crippen molar-refractivity contribution in [2.75, 3.05) is 0 Å². The number of hydrogen-bond acceptors (Lipinski definition) is 3. The van der Waals surface area contributed by atoms with Crippen LogP contribution in [0, 0.1) is 5.92 Å². The van der Waals surface area contributed by atoms with Crippen molar-refractivity contribution in [1.82, 2.24) is 5.32 Å².